The molecule has 1 saturated heterocycles. The van der Waals surface area contributed by atoms with E-state index < -0.39 is 5.60 Å². The van der Waals surface area contributed by atoms with E-state index in [-0.39, 0.29) is 19.1 Å². The summed E-state index contributed by atoms with van der Waals surface area (Å²) in [7, 11) is 0. The van der Waals surface area contributed by atoms with Crippen LogP contribution >= 0.6 is 0 Å². The minimum atomic E-state index is -1.18. The highest BCUT2D eigenvalue weighted by Gasteiger charge is 2.37. The summed E-state index contributed by atoms with van der Waals surface area (Å²) in [5.41, 5.74) is 2.36. The van der Waals surface area contributed by atoms with Crippen LogP contribution in [0.4, 0.5) is 0 Å². The quantitative estimate of drug-likeness (QED) is 0.732. The van der Waals surface area contributed by atoms with Crippen molar-refractivity contribution < 1.29 is 15.0 Å². The number of amides is 1. The van der Waals surface area contributed by atoms with Gasteiger partial charge in [0, 0.05) is 17.8 Å². The number of benzene rings is 2. The van der Waals surface area contributed by atoms with Gasteiger partial charge in [0.1, 0.15) is 18.3 Å². The molecule has 7 heteroatoms. The van der Waals surface area contributed by atoms with Crippen LogP contribution < -0.4 is 0 Å². The molecule has 0 saturated carbocycles. The van der Waals surface area contributed by atoms with E-state index >= 15 is 0 Å². The average Bonchev–Trinajstić information content (AvgIpc) is 3.38. The Labute approximate surface area is 156 Å². The molecule has 2 N–H and O–H groups in total. The summed E-state index contributed by atoms with van der Waals surface area (Å²) in [6, 6.07) is 15.4. The Hall–Kier alpha value is -3.03. The lowest BCUT2D eigenvalue weighted by Crippen LogP contribution is -2.38. The predicted octanol–water partition coefficient (Wildman–Crippen LogP) is 1.50. The highest BCUT2D eigenvalue weighted by Crippen LogP contribution is 2.25. The van der Waals surface area contributed by atoms with Gasteiger partial charge < -0.3 is 15.1 Å². The summed E-state index contributed by atoms with van der Waals surface area (Å²) in [6.45, 7) is 0.266. The van der Waals surface area contributed by atoms with Crippen LogP contribution in [0, 0.1) is 0 Å². The molecule has 0 unspecified atom stereocenters. The Morgan fingerprint density at radius 1 is 1.07 bits per heavy atom. The number of hydrogen-bond donors (Lipinski definition) is 2. The Morgan fingerprint density at radius 3 is 2.48 bits per heavy atom. The lowest BCUT2D eigenvalue weighted by molar-refractivity contribution is -0.00455. The van der Waals surface area contributed by atoms with Crippen LogP contribution in [-0.2, 0) is 0 Å². The van der Waals surface area contributed by atoms with E-state index in [1.165, 1.54) is 0 Å². The molecule has 2 heterocycles. The van der Waals surface area contributed by atoms with Gasteiger partial charge in [0.05, 0.1) is 13.2 Å². The summed E-state index contributed by atoms with van der Waals surface area (Å²) in [6.07, 6.45) is 3.68. The third-order valence-corrected chi connectivity index (χ3v) is 4.94. The van der Waals surface area contributed by atoms with Crippen LogP contribution in [0.1, 0.15) is 16.8 Å². The Morgan fingerprint density at radius 2 is 1.81 bits per heavy atom. The normalized spacial score (nSPS) is 19.4. The number of aliphatic hydroxyl groups excluding tert-OH is 1. The molecule has 1 fully saturated rings. The van der Waals surface area contributed by atoms with Crippen LogP contribution in [0.15, 0.2) is 61.2 Å². The van der Waals surface area contributed by atoms with Crippen LogP contribution in [0.3, 0.4) is 0 Å². The fraction of sp³-hybridized carbons (Fsp3) is 0.250. The second-order valence-electron chi connectivity index (χ2n) is 6.86. The highest BCUT2D eigenvalue weighted by molar-refractivity contribution is 5.95. The van der Waals surface area contributed by atoms with Gasteiger partial charge in [-0.3, -0.25) is 9.36 Å². The number of rotatable bonds is 4. The number of β-amino-alcohol motifs (C(OH)–C–C–N with tert-alkyl or cyclic N) is 1. The zero-order valence-electron chi connectivity index (χ0n) is 14.7. The van der Waals surface area contributed by atoms with Gasteiger partial charge in [0.25, 0.3) is 5.91 Å². The predicted molar refractivity (Wildman–Crippen MR) is 99.4 cm³/mol. The van der Waals surface area contributed by atoms with E-state index in [2.05, 4.69) is 10.2 Å². The van der Waals surface area contributed by atoms with Crippen molar-refractivity contribution >= 4 is 5.91 Å². The number of carbonyl (C=O) groups is 1. The molecule has 1 aliphatic heterocycles. The summed E-state index contributed by atoms with van der Waals surface area (Å²) in [5.74, 6) is -0.135. The number of hydrogen-bond acceptors (Lipinski definition) is 5. The van der Waals surface area contributed by atoms with Crippen LogP contribution in [-0.4, -0.2) is 61.1 Å². The largest absolute Gasteiger partial charge is 0.393 e. The van der Waals surface area contributed by atoms with E-state index in [1.807, 2.05) is 41.0 Å². The first-order chi connectivity index (χ1) is 13.1. The zero-order chi connectivity index (χ0) is 18.9. The monoisotopic (exact) mass is 364 g/mol. The van der Waals surface area contributed by atoms with Gasteiger partial charge in [-0.2, -0.15) is 0 Å². The van der Waals surface area contributed by atoms with E-state index in [4.69, 9.17) is 0 Å². The average molecular weight is 364 g/mol. The maximum Gasteiger partial charge on any atom is 0.253 e. The van der Waals surface area contributed by atoms with Gasteiger partial charge in [0.2, 0.25) is 0 Å². The van der Waals surface area contributed by atoms with Gasteiger partial charge >= 0.3 is 0 Å². The second-order valence-corrected chi connectivity index (χ2v) is 6.86. The van der Waals surface area contributed by atoms with E-state index in [0.717, 1.165) is 16.8 Å². The fourth-order valence-corrected chi connectivity index (χ4v) is 3.33. The first-order valence-corrected chi connectivity index (χ1v) is 8.76. The number of likely N-dealkylation sites (tertiary alicyclic amines) is 1. The van der Waals surface area contributed by atoms with Crippen molar-refractivity contribution in [2.45, 2.75) is 12.0 Å². The zero-order valence-corrected chi connectivity index (χ0v) is 14.7. The molecule has 7 nitrogen and oxygen atoms in total. The van der Waals surface area contributed by atoms with Crippen molar-refractivity contribution in [2.75, 3.05) is 19.7 Å². The number of aromatic nitrogens is 3. The Bertz CT molecular complexity index is 940. The topological polar surface area (TPSA) is 91.5 Å². The minimum Gasteiger partial charge on any atom is -0.393 e. The van der Waals surface area contributed by atoms with Gasteiger partial charge in [-0.25, -0.2) is 0 Å². The van der Waals surface area contributed by atoms with Crippen molar-refractivity contribution in [3.63, 3.8) is 0 Å². The van der Waals surface area contributed by atoms with E-state index in [1.54, 1.807) is 29.7 Å². The minimum absolute atomic E-state index is 0.135. The van der Waals surface area contributed by atoms with Gasteiger partial charge in [-0.1, -0.05) is 24.3 Å². The standard InChI is InChI=1S/C20H20N4O3/c25-12-20(27)8-9-23(11-20)19(26)16-6-4-15(5-7-16)17-2-1-3-18(10-17)24-13-21-22-14-24/h1-7,10,13-14,25,27H,8-9,11-12H2/t20-/m1/s1. The summed E-state index contributed by atoms with van der Waals surface area (Å²) >= 11 is 0. The Kier molecular flexibility index (Phi) is 4.47. The molecule has 2 aromatic carbocycles. The van der Waals surface area contributed by atoms with Crippen LogP contribution in [0.25, 0.3) is 16.8 Å². The summed E-state index contributed by atoms with van der Waals surface area (Å²) < 4.78 is 1.83. The number of carbonyl (C=O) groups excluding carboxylic acids is 1. The smallest absolute Gasteiger partial charge is 0.253 e. The van der Waals surface area contributed by atoms with Crippen molar-refractivity contribution in [3.8, 4) is 16.8 Å². The fourth-order valence-electron chi connectivity index (χ4n) is 3.33. The lowest BCUT2D eigenvalue weighted by atomic mass is 10.0. The Balaban J connectivity index is 1.53. The summed E-state index contributed by atoms with van der Waals surface area (Å²) in [5, 5.41) is 27.0. The molecule has 3 aromatic rings. The van der Waals surface area contributed by atoms with E-state index in [9.17, 15) is 15.0 Å². The molecule has 0 bridgehead atoms. The number of nitrogens with zero attached hydrogens (tertiary/aromatic N) is 4. The first-order valence-electron chi connectivity index (χ1n) is 8.76. The van der Waals surface area contributed by atoms with Gasteiger partial charge in [-0.05, 0) is 41.8 Å². The van der Waals surface area contributed by atoms with E-state index in [0.29, 0.717) is 18.5 Å². The molecular formula is C20H20N4O3. The maximum absolute atomic E-state index is 12.6. The third-order valence-electron chi connectivity index (χ3n) is 4.94. The molecule has 0 aliphatic carbocycles. The van der Waals surface area contributed by atoms with Crippen molar-refractivity contribution in [1.82, 2.24) is 19.7 Å². The molecule has 1 amide bonds. The maximum atomic E-state index is 12.6. The highest BCUT2D eigenvalue weighted by atomic mass is 16.3. The molecule has 27 heavy (non-hydrogen) atoms. The number of aliphatic hydroxyl groups is 2. The molecule has 138 valence electrons. The second kappa shape index (κ2) is 6.94. The van der Waals surface area contributed by atoms with Crippen molar-refractivity contribution in [1.29, 1.82) is 0 Å². The van der Waals surface area contributed by atoms with Crippen molar-refractivity contribution in [2.24, 2.45) is 0 Å². The molecule has 1 aromatic heterocycles. The van der Waals surface area contributed by atoms with Crippen LogP contribution in [0.5, 0.6) is 0 Å². The molecule has 4 rings (SSSR count). The molecule has 0 radical (unpaired) electrons. The summed E-state index contributed by atoms with van der Waals surface area (Å²) in [4.78, 5) is 14.2. The first kappa shape index (κ1) is 17.4. The molecule has 1 aliphatic rings. The SMILES string of the molecule is O=C(c1ccc(-c2cccc(-n3cnnc3)c2)cc1)N1CC[C@](O)(CO)C1. The molecule has 0 spiro atoms. The third kappa shape index (κ3) is 3.47. The van der Waals surface area contributed by atoms with Gasteiger partial charge in [-0.15, -0.1) is 10.2 Å². The van der Waals surface area contributed by atoms with Crippen molar-refractivity contribution in [3.05, 3.63) is 66.7 Å². The van der Waals surface area contributed by atoms with Gasteiger partial charge in [0.15, 0.2) is 0 Å². The lowest BCUT2D eigenvalue weighted by Gasteiger charge is -2.21. The molecular weight excluding hydrogens is 344 g/mol. The van der Waals surface area contributed by atoms with Crippen LogP contribution in [0.2, 0.25) is 0 Å². The molecule has 1 atom stereocenters.